The highest BCUT2D eigenvalue weighted by Crippen LogP contribution is 2.15. The van der Waals surface area contributed by atoms with Gasteiger partial charge in [0.2, 0.25) is 5.91 Å². The van der Waals surface area contributed by atoms with Crippen LogP contribution in [0.5, 0.6) is 0 Å². The Morgan fingerprint density at radius 2 is 1.76 bits per heavy atom. The molecule has 1 rings (SSSR count). The predicted molar refractivity (Wildman–Crippen MR) is 84.2 cm³/mol. The summed E-state index contributed by atoms with van der Waals surface area (Å²) in [5, 5.41) is 8.63. The van der Waals surface area contributed by atoms with Gasteiger partial charge in [0.15, 0.2) is 0 Å². The van der Waals surface area contributed by atoms with Crippen LogP contribution in [0.25, 0.3) is 0 Å². The largest absolute Gasteiger partial charge is 0.338 e. The highest BCUT2D eigenvalue weighted by Gasteiger charge is 2.10. The second-order valence-corrected chi connectivity index (χ2v) is 5.74. The highest BCUT2D eigenvalue weighted by atomic mass is 35.5. The number of imide groups is 1. The molecule has 3 N–H and O–H groups in total. The molecule has 5 nitrogen and oxygen atoms in total. The molecule has 0 radical (unpaired) electrons. The Kier molecular flexibility index (Phi) is 7.19. The number of halogens is 1. The molecule has 0 bridgehead atoms. The molecule has 1 aromatic carbocycles. The van der Waals surface area contributed by atoms with Crippen molar-refractivity contribution in [2.24, 2.45) is 5.92 Å². The van der Waals surface area contributed by atoms with E-state index in [1.807, 2.05) is 32.9 Å². The third-order valence-corrected chi connectivity index (χ3v) is 3.11. The van der Waals surface area contributed by atoms with Gasteiger partial charge in [-0.3, -0.25) is 10.1 Å². The minimum absolute atomic E-state index is 0.00765. The molecule has 0 fully saturated rings. The molecule has 0 aromatic heterocycles. The number of hydrogen-bond donors (Lipinski definition) is 3. The lowest BCUT2D eigenvalue weighted by atomic mass is 10.1. The van der Waals surface area contributed by atoms with Gasteiger partial charge in [-0.05, 0) is 30.5 Å². The normalized spacial score (nSPS) is 12.0. The third-order valence-electron chi connectivity index (χ3n) is 2.86. The van der Waals surface area contributed by atoms with E-state index < -0.39 is 6.03 Å². The smallest absolute Gasteiger partial charge is 0.321 e. The molecule has 3 amide bonds. The number of nitrogens with one attached hydrogen (secondary N) is 3. The monoisotopic (exact) mass is 311 g/mol. The van der Waals surface area contributed by atoms with Gasteiger partial charge in [-0.25, -0.2) is 4.79 Å². The fourth-order valence-corrected chi connectivity index (χ4v) is 1.75. The van der Waals surface area contributed by atoms with E-state index >= 15 is 0 Å². The zero-order valence-corrected chi connectivity index (χ0v) is 13.3. The SMILES string of the molecule is CC(C)CNC(=O)NC(=O)CN[C@H](C)c1ccc(Cl)cc1. The molecule has 1 atom stereocenters. The lowest BCUT2D eigenvalue weighted by molar-refractivity contribution is -0.119. The Bertz CT molecular complexity index is 474. The summed E-state index contributed by atoms with van der Waals surface area (Å²) >= 11 is 5.82. The standard InChI is InChI=1S/C15H22ClN3O2/c1-10(2)8-18-15(21)19-14(20)9-17-11(3)12-4-6-13(16)7-5-12/h4-7,10-11,17H,8-9H2,1-3H3,(H2,18,19,20,21)/t11-/m1/s1. The highest BCUT2D eigenvalue weighted by molar-refractivity contribution is 6.30. The Morgan fingerprint density at radius 1 is 1.14 bits per heavy atom. The Morgan fingerprint density at radius 3 is 2.33 bits per heavy atom. The van der Waals surface area contributed by atoms with Gasteiger partial charge in [0.25, 0.3) is 0 Å². The van der Waals surface area contributed by atoms with Gasteiger partial charge in [0, 0.05) is 17.6 Å². The number of hydrogen-bond acceptors (Lipinski definition) is 3. The van der Waals surface area contributed by atoms with Crippen LogP contribution in [0, 0.1) is 5.92 Å². The molecular formula is C15H22ClN3O2. The lowest BCUT2D eigenvalue weighted by Crippen LogP contribution is -2.44. The van der Waals surface area contributed by atoms with E-state index in [-0.39, 0.29) is 18.5 Å². The zero-order chi connectivity index (χ0) is 15.8. The Labute approximate surface area is 130 Å². The van der Waals surface area contributed by atoms with E-state index in [9.17, 15) is 9.59 Å². The van der Waals surface area contributed by atoms with Crippen molar-refractivity contribution in [3.63, 3.8) is 0 Å². The zero-order valence-electron chi connectivity index (χ0n) is 12.6. The molecule has 0 heterocycles. The van der Waals surface area contributed by atoms with E-state index in [1.54, 1.807) is 12.1 Å². The molecule has 0 aliphatic rings. The summed E-state index contributed by atoms with van der Waals surface area (Å²) in [6, 6.07) is 6.92. The van der Waals surface area contributed by atoms with Crippen LogP contribution in [0.3, 0.4) is 0 Å². The van der Waals surface area contributed by atoms with Gasteiger partial charge >= 0.3 is 6.03 Å². The summed E-state index contributed by atoms with van der Waals surface area (Å²) in [6.45, 7) is 6.51. The van der Waals surface area contributed by atoms with Crippen LogP contribution in [0.4, 0.5) is 4.79 Å². The number of rotatable bonds is 6. The van der Waals surface area contributed by atoms with Gasteiger partial charge in [-0.15, -0.1) is 0 Å². The quantitative estimate of drug-likeness (QED) is 0.756. The van der Waals surface area contributed by atoms with Crippen molar-refractivity contribution in [3.05, 3.63) is 34.9 Å². The van der Waals surface area contributed by atoms with Crippen LogP contribution >= 0.6 is 11.6 Å². The van der Waals surface area contributed by atoms with Gasteiger partial charge in [0.1, 0.15) is 0 Å². The van der Waals surface area contributed by atoms with Crippen molar-refractivity contribution in [3.8, 4) is 0 Å². The van der Waals surface area contributed by atoms with E-state index in [2.05, 4.69) is 16.0 Å². The Hall–Kier alpha value is -1.59. The van der Waals surface area contributed by atoms with Crippen molar-refractivity contribution < 1.29 is 9.59 Å². The summed E-state index contributed by atoms with van der Waals surface area (Å²) in [5.74, 6) is -0.0222. The first kappa shape index (κ1) is 17.5. The van der Waals surface area contributed by atoms with E-state index in [4.69, 9.17) is 11.6 Å². The average Bonchev–Trinajstić information content (AvgIpc) is 2.43. The molecule has 0 saturated heterocycles. The van der Waals surface area contributed by atoms with Crippen molar-refractivity contribution in [2.75, 3.05) is 13.1 Å². The molecule has 0 unspecified atom stereocenters. The molecule has 0 aliphatic carbocycles. The second kappa shape index (κ2) is 8.64. The topological polar surface area (TPSA) is 70.2 Å². The number of carbonyl (C=O) groups excluding carboxylic acids is 2. The van der Waals surface area contributed by atoms with Crippen molar-refractivity contribution in [1.29, 1.82) is 0 Å². The van der Waals surface area contributed by atoms with E-state index in [0.717, 1.165) is 5.56 Å². The summed E-state index contributed by atoms with van der Waals surface area (Å²) in [4.78, 5) is 23.1. The van der Waals surface area contributed by atoms with Crippen molar-refractivity contribution >= 4 is 23.5 Å². The maximum atomic E-state index is 11.6. The summed E-state index contributed by atoms with van der Waals surface area (Å²) in [7, 11) is 0. The maximum absolute atomic E-state index is 11.6. The van der Waals surface area contributed by atoms with Crippen LogP contribution < -0.4 is 16.0 Å². The minimum atomic E-state index is -0.463. The fraction of sp³-hybridized carbons (Fsp3) is 0.467. The predicted octanol–water partition coefficient (Wildman–Crippen LogP) is 2.47. The first-order chi connectivity index (χ1) is 9.88. The second-order valence-electron chi connectivity index (χ2n) is 5.31. The van der Waals surface area contributed by atoms with E-state index in [1.165, 1.54) is 0 Å². The average molecular weight is 312 g/mol. The van der Waals surface area contributed by atoms with Gasteiger partial charge < -0.3 is 10.6 Å². The number of urea groups is 1. The van der Waals surface area contributed by atoms with Crippen LogP contribution in [0.15, 0.2) is 24.3 Å². The molecule has 1 aromatic rings. The molecule has 21 heavy (non-hydrogen) atoms. The van der Waals surface area contributed by atoms with Crippen LogP contribution in [-0.4, -0.2) is 25.0 Å². The Balaban J connectivity index is 2.32. The number of carbonyl (C=O) groups is 2. The summed E-state index contributed by atoms with van der Waals surface area (Å²) in [5.41, 5.74) is 1.02. The van der Waals surface area contributed by atoms with Crippen LogP contribution in [0.2, 0.25) is 5.02 Å². The first-order valence-corrected chi connectivity index (χ1v) is 7.32. The number of benzene rings is 1. The molecule has 116 valence electrons. The summed E-state index contributed by atoms with van der Waals surface area (Å²) < 4.78 is 0. The molecule has 0 saturated carbocycles. The first-order valence-electron chi connectivity index (χ1n) is 6.95. The van der Waals surface area contributed by atoms with E-state index in [0.29, 0.717) is 17.5 Å². The molecule has 0 spiro atoms. The molecular weight excluding hydrogens is 290 g/mol. The fourth-order valence-electron chi connectivity index (χ4n) is 1.63. The molecule has 6 heteroatoms. The molecule has 0 aliphatic heterocycles. The lowest BCUT2D eigenvalue weighted by Gasteiger charge is -2.14. The maximum Gasteiger partial charge on any atom is 0.321 e. The summed E-state index contributed by atoms with van der Waals surface area (Å²) in [6.07, 6.45) is 0. The van der Waals surface area contributed by atoms with Gasteiger partial charge in [-0.2, -0.15) is 0 Å². The van der Waals surface area contributed by atoms with Crippen LogP contribution in [0.1, 0.15) is 32.4 Å². The van der Waals surface area contributed by atoms with Gasteiger partial charge in [-0.1, -0.05) is 37.6 Å². The van der Waals surface area contributed by atoms with Crippen LogP contribution in [-0.2, 0) is 4.79 Å². The minimum Gasteiger partial charge on any atom is -0.338 e. The van der Waals surface area contributed by atoms with Crippen molar-refractivity contribution in [2.45, 2.75) is 26.8 Å². The van der Waals surface area contributed by atoms with Crippen molar-refractivity contribution in [1.82, 2.24) is 16.0 Å². The third kappa shape index (κ3) is 7.11. The van der Waals surface area contributed by atoms with Gasteiger partial charge in [0.05, 0.1) is 6.54 Å². The number of amides is 3.